The molecule has 10 nitrogen and oxygen atoms in total. The van der Waals surface area contributed by atoms with Gasteiger partial charge in [0.25, 0.3) is 0 Å². The van der Waals surface area contributed by atoms with Crippen molar-refractivity contribution in [2.45, 2.75) is 12.5 Å². The molecule has 2 amide bonds. The first kappa shape index (κ1) is 26.2. The lowest BCUT2D eigenvalue weighted by atomic mass is 10.0. The van der Waals surface area contributed by atoms with Crippen molar-refractivity contribution in [2.24, 2.45) is 0 Å². The molecule has 0 spiro atoms. The smallest absolute Gasteiger partial charge is 0.335 e. The molecule has 38 heavy (non-hydrogen) atoms. The van der Waals surface area contributed by atoms with Crippen LogP contribution in [-0.4, -0.2) is 49.1 Å². The topological polar surface area (TPSA) is 139 Å². The van der Waals surface area contributed by atoms with Crippen molar-refractivity contribution in [1.82, 2.24) is 25.5 Å². The fourth-order valence-corrected chi connectivity index (χ4v) is 3.71. The van der Waals surface area contributed by atoms with Crippen LogP contribution in [0.1, 0.15) is 21.5 Å². The predicted molar refractivity (Wildman–Crippen MR) is 137 cm³/mol. The molecule has 192 valence electrons. The van der Waals surface area contributed by atoms with E-state index in [-0.39, 0.29) is 28.3 Å². The molecule has 0 saturated heterocycles. The number of tetrazole rings is 1. The summed E-state index contributed by atoms with van der Waals surface area (Å²) in [4.78, 5) is 37.0. The van der Waals surface area contributed by atoms with Crippen molar-refractivity contribution in [3.05, 3.63) is 107 Å². The number of rotatable bonds is 9. The molecular weight excluding hydrogens is 515 g/mol. The number of benzene rings is 3. The molecule has 0 aliphatic carbocycles. The average Bonchev–Trinajstić information content (AvgIpc) is 3.45. The zero-order chi connectivity index (χ0) is 27.1. The first-order valence-electron chi connectivity index (χ1n) is 11.2. The van der Waals surface area contributed by atoms with Crippen LogP contribution < -0.4 is 10.6 Å². The number of nitrogens with zero attached hydrogens (tertiary/aromatic N) is 4. The number of amides is 2. The van der Waals surface area contributed by atoms with Crippen LogP contribution in [0.25, 0.3) is 11.8 Å². The number of carbonyl (C=O) groups is 3. The van der Waals surface area contributed by atoms with Crippen molar-refractivity contribution >= 4 is 41.1 Å². The number of hydrogen-bond acceptors (Lipinski definition) is 6. The summed E-state index contributed by atoms with van der Waals surface area (Å²) >= 11 is 5.93. The summed E-state index contributed by atoms with van der Waals surface area (Å²) in [5, 5.41) is 25.0. The van der Waals surface area contributed by atoms with Crippen LogP contribution in [-0.2, 0) is 16.0 Å². The fraction of sp³-hybridized carbons (Fsp3) is 0.0769. The minimum atomic E-state index is -1.09. The Labute approximate surface area is 220 Å². The van der Waals surface area contributed by atoms with E-state index in [4.69, 9.17) is 16.7 Å². The van der Waals surface area contributed by atoms with Gasteiger partial charge in [0.05, 0.1) is 16.3 Å². The number of anilines is 1. The minimum absolute atomic E-state index is 0.0254. The van der Waals surface area contributed by atoms with Gasteiger partial charge in [-0.15, -0.1) is 5.10 Å². The lowest BCUT2D eigenvalue weighted by Crippen LogP contribution is -2.44. The largest absolute Gasteiger partial charge is 0.478 e. The number of aromatic nitrogens is 4. The highest BCUT2D eigenvalue weighted by molar-refractivity contribution is 6.31. The zero-order valence-corrected chi connectivity index (χ0v) is 20.3. The summed E-state index contributed by atoms with van der Waals surface area (Å²) in [5.41, 5.74) is 1.44. The third-order valence-corrected chi connectivity index (χ3v) is 5.71. The molecule has 0 radical (unpaired) electrons. The van der Waals surface area contributed by atoms with E-state index in [1.165, 1.54) is 53.5 Å². The number of aromatic carboxylic acids is 1. The van der Waals surface area contributed by atoms with Crippen LogP contribution in [0.5, 0.6) is 0 Å². The first-order chi connectivity index (χ1) is 18.3. The Morgan fingerprint density at radius 1 is 1.05 bits per heavy atom. The van der Waals surface area contributed by atoms with Gasteiger partial charge in [-0.3, -0.25) is 9.59 Å². The Balaban J connectivity index is 1.54. The predicted octanol–water partition coefficient (Wildman–Crippen LogP) is 3.53. The van der Waals surface area contributed by atoms with Crippen molar-refractivity contribution in [3.63, 3.8) is 0 Å². The van der Waals surface area contributed by atoms with Gasteiger partial charge < -0.3 is 15.7 Å². The number of nitrogens with one attached hydrogen (secondary N) is 2. The van der Waals surface area contributed by atoms with Gasteiger partial charge in [0.1, 0.15) is 12.4 Å². The second-order valence-corrected chi connectivity index (χ2v) is 8.41. The summed E-state index contributed by atoms with van der Waals surface area (Å²) in [6.45, 7) is 0. The Morgan fingerprint density at radius 2 is 1.79 bits per heavy atom. The van der Waals surface area contributed by atoms with E-state index in [1.54, 1.807) is 12.1 Å². The van der Waals surface area contributed by atoms with Gasteiger partial charge in [-0.2, -0.15) is 4.68 Å². The van der Waals surface area contributed by atoms with Crippen molar-refractivity contribution in [2.75, 3.05) is 5.32 Å². The van der Waals surface area contributed by atoms with Crippen LogP contribution >= 0.6 is 11.6 Å². The van der Waals surface area contributed by atoms with E-state index >= 15 is 0 Å². The molecule has 0 bridgehead atoms. The third-order valence-electron chi connectivity index (χ3n) is 5.42. The van der Waals surface area contributed by atoms with Crippen molar-refractivity contribution < 1.29 is 23.9 Å². The quantitative estimate of drug-likeness (QED) is 0.279. The fourth-order valence-electron chi connectivity index (χ4n) is 3.55. The van der Waals surface area contributed by atoms with E-state index < -0.39 is 29.6 Å². The number of hydrogen-bond donors (Lipinski definition) is 3. The molecule has 1 heterocycles. The highest BCUT2D eigenvalue weighted by Crippen LogP contribution is 2.25. The standard InChI is InChI=1S/C26H20ClFN6O4/c27-20-11-12-22(34-15-29-32-33-34)19(24(20)28)10-13-23(35)31-21(14-16-4-2-1-3-5-16)25(36)30-18-8-6-17(7-9-18)26(37)38/h1-13,15,21H,14H2,(H,30,36)(H,31,35)(H,37,38)/t21-/m0/s1. The van der Waals surface area contributed by atoms with E-state index in [2.05, 4.69) is 26.2 Å². The zero-order valence-electron chi connectivity index (χ0n) is 19.6. The molecule has 0 fully saturated rings. The maximum Gasteiger partial charge on any atom is 0.335 e. The monoisotopic (exact) mass is 534 g/mol. The summed E-state index contributed by atoms with van der Waals surface area (Å²) < 4.78 is 16.0. The number of halogens is 2. The van der Waals surface area contributed by atoms with Gasteiger partial charge in [-0.1, -0.05) is 41.9 Å². The molecular formula is C26H20ClFN6O4. The second kappa shape index (κ2) is 11.9. The Hall–Kier alpha value is -4.90. The van der Waals surface area contributed by atoms with Gasteiger partial charge in [0, 0.05) is 23.7 Å². The summed E-state index contributed by atoms with van der Waals surface area (Å²) in [7, 11) is 0. The average molecular weight is 535 g/mol. The van der Waals surface area contributed by atoms with E-state index in [0.29, 0.717) is 5.69 Å². The van der Waals surface area contributed by atoms with Crippen LogP contribution in [0.3, 0.4) is 0 Å². The maximum atomic E-state index is 14.8. The maximum absolute atomic E-state index is 14.8. The molecule has 12 heteroatoms. The lowest BCUT2D eigenvalue weighted by molar-refractivity contribution is -0.123. The highest BCUT2D eigenvalue weighted by Gasteiger charge is 2.21. The summed E-state index contributed by atoms with van der Waals surface area (Å²) in [6.07, 6.45) is 3.73. The van der Waals surface area contributed by atoms with Gasteiger partial charge in [-0.05, 0) is 58.5 Å². The normalized spacial score (nSPS) is 11.7. The van der Waals surface area contributed by atoms with Gasteiger partial charge in [-0.25, -0.2) is 9.18 Å². The van der Waals surface area contributed by atoms with Crippen LogP contribution in [0.4, 0.5) is 10.1 Å². The van der Waals surface area contributed by atoms with Gasteiger partial charge in [0.2, 0.25) is 11.8 Å². The molecule has 4 aromatic rings. The number of carboxylic acids is 1. The number of carbonyl (C=O) groups excluding carboxylic acids is 2. The molecule has 3 N–H and O–H groups in total. The van der Waals surface area contributed by atoms with Crippen LogP contribution in [0.2, 0.25) is 5.02 Å². The van der Waals surface area contributed by atoms with Gasteiger partial charge in [0.15, 0.2) is 5.82 Å². The van der Waals surface area contributed by atoms with E-state index in [0.717, 1.165) is 11.6 Å². The highest BCUT2D eigenvalue weighted by atomic mass is 35.5. The van der Waals surface area contributed by atoms with Crippen LogP contribution in [0.15, 0.2) is 79.1 Å². The summed E-state index contributed by atoms with van der Waals surface area (Å²) in [5.74, 6) is -3.05. The molecule has 0 saturated carbocycles. The Kier molecular flexibility index (Phi) is 8.19. The third kappa shape index (κ3) is 6.45. The molecule has 1 aromatic heterocycles. The second-order valence-electron chi connectivity index (χ2n) is 8.00. The van der Waals surface area contributed by atoms with Gasteiger partial charge >= 0.3 is 5.97 Å². The van der Waals surface area contributed by atoms with Crippen molar-refractivity contribution in [1.29, 1.82) is 0 Å². The van der Waals surface area contributed by atoms with Crippen molar-refractivity contribution in [3.8, 4) is 5.69 Å². The Bertz CT molecular complexity index is 1480. The molecule has 0 aliphatic rings. The summed E-state index contributed by atoms with van der Waals surface area (Å²) in [6, 6.07) is 16.5. The lowest BCUT2D eigenvalue weighted by Gasteiger charge is -2.18. The minimum Gasteiger partial charge on any atom is -0.478 e. The molecule has 1 atom stereocenters. The van der Waals surface area contributed by atoms with E-state index in [9.17, 15) is 18.8 Å². The molecule has 0 unspecified atom stereocenters. The van der Waals surface area contributed by atoms with E-state index in [1.807, 2.05) is 18.2 Å². The van der Waals surface area contributed by atoms with Crippen LogP contribution in [0, 0.1) is 5.82 Å². The first-order valence-corrected chi connectivity index (χ1v) is 11.6. The molecule has 4 rings (SSSR count). The molecule has 0 aliphatic heterocycles. The number of carboxylic acid groups (broad SMARTS) is 1. The Morgan fingerprint density at radius 3 is 2.45 bits per heavy atom. The molecule has 3 aromatic carbocycles. The SMILES string of the molecule is O=C(C=Cc1c(-n2cnnn2)ccc(Cl)c1F)N[C@@H](Cc1ccccc1)C(=O)Nc1ccc(C(=O)O)cc1.